The molecule has 0 bridgehead atoms. The number of carbonyl (C=O) groups is 1. The van der Waals surface area contributed by atoms with Gasteiger partial charge in [0.25, 0.3) is 0 Å². The highest BCUT2D eigenvalue weighted by molar-refractivity contribution is 5.95. The molecule has 2 aliphatic heterocycles. The minimum absolute atomic E-state index is 0.0171. The first-order chi connectivity index (χ1) is 15.4. The summed E-state index contributed by atoms with van der Waals surface area (Å²) in [5, 5.41) is 7.55. The Balaban J connectivity index is 1.56. The summed E-state index contributed by atoms with van der Waals surface area (Å²) in [6.07, 6.45) is 7.15. The van der Waals surface area contributed by atoms with Crippen LogP contribution in [0.25, 0.3) is 11.1 Å². The number of hydrogen-bond acceptors (Lipinski definition) is 3. The summed E-state index contributed by atoms with van der Waals surface area (Å²) >= 11 is 0. The Bertz CT molecular complexity index is 1160. The molecule has 0 radical (unpaired) electrons. The second-order valence-corrected chi connectivity index (χ2v) is 9.62. The lowest BCUT2D eigenvalue weighted by Crippen LogP contribution is -2.33. The number of rotatable bonds is 2. The van der Waals surface area contributed by atoms with Gasteiger partial charge in [-0.25, -0.2) is 0 Å². The molecule has 1 N–H and O–H groups in total. The highest BCUT2D eigenvalue weighted by atomic mass is 16.1. The van der Waals surface area contributed by atoms with Crippen LogP contribution in [0.15, 0.2) is 48.8 Å². The first-order valence-corrected chi connectivity index (χ1v) is 11.7. The van der Waals surface area contributed by atoms with Gasteiger partial charge in [-0.2, -0.15) is 5.10 Å². The first-order valence-electron chi connectivity index (χ1n) is 11.7. The Morgan fingerprint density at radius 3 is 2.69 bits per heavy atom. The molecule has 1 amide bonds. The molecule has 1 aromatic heterocycles. The van der Waals surface area contributed by atoms with E-state index < -0.39 is 0 Å². The highest BCUT2D eigenvalue weighted by Gasteiger charge is 2.31. The number of amides is 1. The van der Waals surface area contributed by atoms with Crippen LogP contribution in [-0.4, -0.2) is 22.2 Å². The minimum Gasteiger partial charge on any atom is -0.341 e. The Kier molecular flexibility index (Phi) is 5.28. The van der Waals surface area contributed by atoms with Gasteiger partial charge >= 0.3 is 0 Å². The first kappa shape index (κ1) is 20.8. The lowest BCUT2D eigenvalue weighted by molar-refractivity contribution is -0.121. The molecule has 5 heteroatoms. The smallest absolute Gasteiger partial charge is 0.227 e. The Morgan fingerprint density at radius 2 is 1.91 bits per heavy atom. The third-order valence-corrected chi connectivity index (χ3v) is 7.56. The summed E-state index contributed by atoms with van der Waals surface area (Å²) in [5.41, 5.74) is 8.47. The van der Waals surface area contributed by atoms with E-state index in [9.17, 15) is 4.79 Å². The molecule has 0 aliphatic carbocycles. The van der Waals surface area contributed by atoms with Crippen molar-refractivity contribution >= 4 is 23.0 Å². The predicted molar refractivity (Wildman–Crippen MR) is 130 cm³/mol. The number of aryl methyl sites for hydroxylation is 2. The second-order valence-electron chi connectivity index (χ2n) is 9.62. The van der Waals surface area contributed by atoms with Crippen LogP contribution in [0.2, 0.25) is 0 Å². The molecule has 0 saturated carbocycles. The second kappa shape index (κ2) is 8.12. The lowest BCUT2D eigenvalue weighted by atomic mass is 9.79. The van der Waals surface area contributed by atoms with Gasteiger partial charge < -0.3 is 10.2 Å². The topological polar surface area (TPSA) is 50.2 Å². The zero-order valence-electron chi connectivity index (χ0n) is 19.4. The summed E-state index contributed by atoms with van der Waals surface area (Å²) in [5.74, 6) is 0.922. The van der Waals surface area contributed by atoms with Crippen molar-refractivity contribution in [3.8, 4) is 11.1 Å². The normalized spacial score (nSPS) is 23.1. The maximum absolute atomic E-state index is 12.8. The fourth-order valence-electron chi connectivity index (χ4n) is 5.24. The molecule has 2 aromatic carbocycles. The number of nitrogens with zero attached hydrogens (tertiary/aromatic N) is 3. The molecular weight excluding hydrogens is 396 g/mol. The fourth-order valence-corrected chi connectivity index (χ4v) is 5.24. The number of aromatic nitrogens is 2. The van der Waals surface area contributed by atoms with Crippen molar-refractivity contribution in [2.24, 2.45) is 24.8 Å². The van der Waals surface area contributed by atoms with E-state index in [1.165, 1.54) is 28.1 Å². The van der Waals surface area contributed by atoms with Crippen LogP contribution in [-0.2, 0) is 24.7 Å². The van der Waals surface area contributed by atoms with E-state index in [1.54, 1.807) is 0 Å². The summed E-state index contributed by atoms with van der Waals surface area (Å²) in [6, 6.07) is 13.1. The molecule has 32 heavy (non-hydrogen) atoms. The van der Waals surface area contributed by atoms with Crippen LogP contribution in [0.5, 0.6) is 0 Å². The van der Waals surface area contributed by atoms with Crippen molar-refractivity contribution in [3.63, 3.8) is 0 Å². The van der Waals surface area contributed by atoms with Crippen LogP contribution in [0.3, 0.4) is 0 Å². The number of benzene rings is 2. The summed E-state index contributed by atoms with van der Waals surface area (Å²) in [7, 11) is 1.95. The number of hydrogen-bond donors (Lipinski definition) is 1. The van der Waals surface area contributed by atoms with E-state index in [0.717, 1.165) is 37.1 Å². The molecule has 0 saturated heterocycles. The van der Waals surface area contributed by atoms with Crippen molar-refractivity contribution in [1.82, 2.24) is 9.78 Å². The lowest BCUT2D eigenvalue weighted by Gasteiger charge is -2.36. The molecule has 3 atom stereocenters. The maximum Gasteiger partial charge on any atom is 0.227 e. The Morgan fingerprint density at radius 1 is 1.06 bits per heavy atom. The average Bonchev–Trinajstić information content (AvgIpc) is 3.24. The van der Waals surface area contributed by atoms with Gasteiger partial charge in [0.1, 0.15) is 0 Å². The van der Waals surface area contributed by atoms with Gasteiger partial charge in [-0.1, -0.05) is 32.9 Å². The fraction of sp³-hybridized carbons (Fsp3) is 0.407. The van der Waals surface area contributed by atoms with Crippen molar-refractivity contribution in [2.45, 2.75) is 40.0 Å². The molecule has 2 aliphatic rings. The van der Waals surface area contributed by atoms with E-state index >= 15 is 0 Å². The molecule has 166 valence electrons. The van der Waals surface area contributed by atoms with E-state index in [-0.39, 0.29) is 11.8 Å². The largest absolute Gasteiger partial charge is 0.341 e. The van der Waals surface area contributed by atoms with E-state index in [1.807, 2.05) is 24.9 Å². The Labute approximate surface area is 190 Å². The van der Waals surface area contributed by atoms with Crippen molar-refractivity contribution in [3.05, 3.63) is 59.9 Å². The molecule has 1 unspecified atom stereocenters. The third-order valence-electron chi connectivity index (χ3n) is 7.56. The van der Waals surface area contributed by atoms with Gasteiger partial charge in [0, 0.05) is 48.3 Å². The summed E-state index contributed by atoms with van der Waals surface area (Å²) < 4.78 is 1.85. The average molecular weight is 429 g/mol. The van der Waals surface area contributed by atoms with Crippen molar-refractivity contribution in [2.75, 3.05) is 16.8 Å². The van der Waals surface area contributed by atoms with Gasteiger partial charge in [0.05, 0.1) is 6.20 Å². The van der Waals surface area contributed by atoms with Gasteiger partial charge in [-0.3, -0.25) is 9.48 Å². The minimum atomic E-state index is 0.0171. The quantitative estimate of drug-likeness (QED) is 0.580. The maximum atomic E-state index is 12.8. The van der Waals surface area contributed by atoms with E-state index in [4.69, 9.17) is 0 Å². The van der Waals surface area contributed by atoms with Crippen molar-refractivity contribution < 1.29 is 4.79 Å². The summed E-state index contributed by atoms with van der Waals surface area (Å²) in [6.45, 7) is 7.53. The molecule has 0 spiro atoms. The number of nitrogens with one attached hydrogen (secondary N) is 1. The standard InChI is InChI=1S/C27H32N4O/c1-17-13-23-24(29-27(32)19(3)18(17)2)8-5-9-26(23)31-12-6-7-21-14-20(10-11-25(21)31)22-15-28-30(4)16-22/h5,8-11,14-19H,6-7,12-13H2,1-4H3,(H,29,32)/t17-,18?,19+/m1/s1. The predicted octanol–water partition coefficient (Wildman–Crippen LogP) is 5.57. The molecule has 3 aromatic rings. The van der Waals surface area contributed by atoms with Crippen LogP contribution in [0.4, 0.5) is 17.1 Å². The number of fused-ring (bicyclic) bond motifs is 2. The van der Waals surface area contributed by atoms with Crippen LogP contribution < -0.4 is 10.2 Å². The summed E-state index contributed by atoms with van der Waals surface area (Å²) in [4.78, 5) is 15.3. The molecular formula is C27H32N4O. The number of carbonyl (C=O) groups excluding carboxylic acids is 1. The number of anilines is 3. The third kappa shape index (κ3) is 3.60. The van der Waals surface area contributed by atoms with Gasteiger partial charge in [-0.15, -0.1) is 0 Å². The van der Waals surface area contributed by atoms with Gasteiger partial charge in [0.15, 0.2) is 0 Å². The van der Waals surface area contributed by atoms with Crippen molar-refractivity contribution in [1.29, 1.82) is 0 Å². The van der Waals surface area contributed by atoms with E-state index in [2.05, 4.69) is 71.8 Å². The highest BCUT2D eigenvalue weighted by Crippen LogP contribution is 2.42. The zero-order chi connectivity index (χ0) is 22.4. The van der Waals surface area contributed by atoms with Gasteiger partial charge in [0.2, 0.25) is 5.91 Å². The monoisotopic (exact) mass is 428 g/mol. The molecule has 5 rings (SSSR count). The van der Waals surface area contributed by atoms with Gasteiger partial charge in [-0.05, 0) is 72.1 Å². The Hall–Kier alpha value is -3.08. The van der Waals surface area contributed by atoms with Crippen LogP contribution >= 0.6 is 0 Å². The van der Waals surface area contributed by atoms with Crippen LogP contribution in [0.1, 0.15) is 38.3 Å². The molecule has 0 fully saturated rings. The SMILES string of the molecule is CC1[C@H](C)Cc2c(cccc2N2CCCc3cc(-c4cnn(C)c4)ccc32)NC(=O)[C@H]1C. The molecule has 3 heterocycles. The van der Waals surface area contributed by atoms with E-state index in [0.29, 0.717) is 11.8 Å². The zero-order valence-corrected chi connectivity index (χ0v) is 19.4. The van der Waals surface area contributed by atoms with Crippen LogP contribution in [0, 0.1) is 17.8 Å². The molecule has 5 nitrogen and oxygen atoms in total.